The van der Waals surface area contributed by atoms with Crippen LogP contribution in [-0.4, -0.2) is 28.1 Å². The van der Waals surface area contributed by atoms with E-state index in [1.807, 2.05) is 60.4 Å². The van der Waals surface area contributed by atoms with Crippen LogP contribution in [0.4, 0.5) is 0 Å². The molecule has 1 aliphatic heterocycles. The number of nitrogens with zero attached hydrogens (tertiary/aromatic N) is 1. The molecular weight excluding hydrogens is 310 g/mol. The van der Waals surface area contributed by atoms with Gasteiger partial charge in [0.25, 0.3) is 0 Å². The molecule has 1 saturated heterocycles. The first kappa shape index (κ1) is 17.7. The molecule has 1 fully saturated rings. The molecular formula is C22H27NO2. The monoisotopic (exact) mass is 337 g/mol. The van der Waals surface area contributed by atoms with E-state index < -0.39 is 11.5 Å². The summed E-state index contributed by atoms with van der Waals surface area (Å²) in [4.78, 5) is 15.2. The first-order valence-corrected chi connectivity index (χ1v) is 9.13. The highest BCUT2D eigenvalue weighted by atomic mass is 16.3. The van der Waals surface area contributed by atoms with E-state index in [1.54, 1.807) is 0 Å². The molecule has 1 amide bonds. The highest BCUT2D eigenvalue weighted by Gasteiger charge is 2.47. The van der Waals surface area contributed by atoms with Crippen LogP contribution in [0.15, 0.2) is 60.7 Å². The summed E-state index contributed by atoms with van der Waals surface area (Å²) in [6.45, 7) is 5.12. The van der Waals surface area contributed by atoms with Gasteiger partial charge in [0.05, 0.1) is 11.5 Å². The number of amides is 1. The largest absolute Gasteiger partial charge is 0.389 e. The minimum atomic E-state index is -0.971. The Balaban J connectivity index is 1.88. The van der Waals surface area contributed by atoms with E-state index in [9.17, 15) is 9.90 Å². The molecule has 3 heteroatoms. The van der Waals surface area contributed by atoms with Crippen molar-refractivity contribution < 1.29 is 9.90 Å². The van der Waals surface area contributed by atoms with E-state index >= 15 is 0 Å². The van der Waals surface area contributed by atoms with Crippen molar-refractivity contribution in [1.82, 2.24) is 4.90 Å². The lowest BCUT2D eigenvalue weighted by atomic mass is 9.70. The van der Waals surface area contributed by atoms with Crippen LogP contribution < -0.4 is 0 Å². The first-order valence-electron chi connectivity index (χ1n) is 9.13. The molecule has 3 atom stereocenters. The number of likely N-dealkylation sites (tertiary alicyclic amines) is 1. The number of piperidine rings is 1. The molecule has 0 aromatic heterocycles. The normalized spacial score (nSPS) is 25.0. The Bertz CT molecular complexity index is 696. The summed E-state index contributed by atoms with van der Waals surface area (Å²) in [6, 6.07) is 20.2. The lowest BCUT2D eigenvalue weighted by Crippen LogP contribution is -2.55. The van der Waals surface area contributed by atoms with Crippen molar-refractivity contribution in [2.75, 3.05) is 6.54 Å². The maximum atomic E-state index is 13.3. The van der Waals surface area contributed by atoms with Gasteiger partial charge in [-0.15, -0.1) is 0 Å². The summed E-state index contributed by atoms with van der Waals surface area (Å²) in [6.07, 6.45) is 1.44. The highest BCUT2D eigenvalue weighted by molar-refractivity contribution is 5.82. The van der Waals surface area contributed by atoms with Gasteiger partial charge in [0.1, 0.15) is 0 Å². The smallest absolute Gasteiger partial charge is 0.229 e. The third-order valence-electron chi connectivity index (χ3n) is 5.42. The Morgan fingerprint density at radius 2 is 1.72 bits per heavy atom. The van der Waals surface area contributed by atoms with Gasteiger partial charge >= 0.3 is 0 Å². The van der Waals surface area contributed by atoms with Crippen LogP contribution in [0.5, 0.6) is 0 Å². The number of aliphatic hydroxyl groups is 1. The molecule has 3 rings (SSSR count). The summed E-state index contributed by atoms with van der Waals surface area (Å²) >= 11 is 0. The zero-order valence-electron chi connectivity index (χ0n) is 15.1. The highest BCUT2D eigenvalue weighted by Crippen LogP contribution is 2.41. The molecule has 1 N–H and O–H groups in total. The van der Waals surface area contributed by atoms with Gasteiger partial charge < -0.3 is 10.0 Å². The zero-order valence-corrected chi connectivity index (χ0v) is 15.1. The molecule has 0 unspecified atom stereocenters. The fourth-order valence-electron chi connectivity index (χ4n) is 4.02. The third kappa shape index (κ3) is 3.77. The van der Waals surface area contributed by atoms with Crippen molar-refractivity contribution in [3.63, 3.8) is 0 Å². The van der Waals surface area contributed by atoms with Crippen LogP contribution in [-0.2, 0) is 11.3 Å². The molecule has 25 heavy (non-hydrogen) atoms. The van der Waals surface area contributed by atoms with E-state index in [0.29, 0.717) is 19.5 Å². The van der Waals surface area contributed by atoms with Gasteiger partial charge in [-0.05, 0) is 36.8 Å². The SMILES string of the molecule is CC[C@H](c1ccccc1)[C@@H]1C(=O)N(Cc2ccccc2)CC[C@]1(C)O. The van der Waals surface area contributed by atoms with Crippen LogP contribution in [0.2, 0.25) is 0 Å². The van der Waals surface area contributed by atoms with Gasteiger partial charge in [-0.2, -0.15) is 0 Å². The molecule has 0 aliphatic carbocycles. The predicted molar refractivity (Wildman–Crippen MR) is 100 cm³/mol. The van der Waals surface area contributed by atoms with Crippen molar-refractivity contribution in [2.24, 2.45) is 5.92 Å². The fourth-order valence-corrected chi connectivity index (χ4v) is 4.02. The summed E-state index contributed by atoms with van der Waals surface area (Å²) in [5.41, 5.74) is 1.29. The topological polar surface area (TPSA) is 40.5 Å². The van der Waals surface area contributed by atoms with Crippen molar-refractivity contribution >= 4 is 5.91 Å². The van der Waals surface area contributed by atoms with Gasteiger partial charge in [0.2, 0.25) is 5.91 Å². The molecule has 1 heterocycles. The Morgan fingerprint density at radius 1 is 1.12 bits per heavy atom. The average Bonchev–Trinajstić information content (AvgIpc) is 2.63. The molecule has 0 radical (unpaired) electrons. The molecule has 2 aromatic carbocycles. The van der Waals surface area contributed by atoms with Crippen molar-refractivity contribution in [3.05, 3.63) is 71.8 Å². The second-order valence-electron chi connectivity index (χ2n) is 7.26. The van der Waals surface area contributed by atoms with Crippen LogP contribution in [0.25, 0.3) is 0 Å². The minimum absolute atomic E-state index is 0.0299. The number of hydrogen-bond donors (Lipinski definition) is 1. The standard InChI is InChI=1S/C22H27NO2/c1-3-19(18-12-8-5-9-13-18)20-21(24)23(15-14-22(20,2)25)16-17-10-6-4-7-11-17/h4-13,19-20,25H,3,14-16H2,1-2H3/t19-,20-,22+/m1/s1. The molecule has 0 bridgehead atoms. The molecule has 2 aromatic rings. The maximum Gasteiger partial charge on any atom is 0.229 e. The van der Waals surface area contributed by atoms with Crippen molar-refractivity contribution in [1.29, 1.82) is 0 Å². The Hall–Kier alpha value is -2.13. The van der Waals surface area contributed by atoms with Gasteiger partial charge in [0, 0.05) is 13.1 Å². The minimum Gasteiger partial charge on any atom is -0.389 e. The second kappa shape index (κ2) is 7.40. The summed E-state index contributed by atoms with van der Waals surface area (Å²) in [5, 5.41) is 11.0. The second-order valence-corrected chi connectivity index (χ2v) is 7.26. The number of rotatable bonds is 5. The maximum absolute atomic E-state index is 13.3. The number of hydrogen-bond acceptors (Lipinski definition) is 2. The van der Waals surface area contributed by atoms with E-state index in [0.717, 1.165) is 17.5 Å². The third-order valence-corrected chi connectivity index (χ3v) is 5.42. The average molecular weight is 337 g/mol. The number of benzene rings is 2. The van der Waals surface area contributed by atoms with E-state index in [2.05, 4.69) is 19.1 Å². The quantitative estimate of drug-likeness (QED) is 0.896. The zero-order chi connectivity index (χ0) is 17.9. The first-order chi connectivity index (χ1) is 12.0. The molecule has 0 spiro atoms. The van der Waals surface area contributed by atoms with Crippen LogP contribution in [0.1, 0.15) is 43.7 Å². The summed E-state index contributed by atoms with van der Waals surface area (Å²) in [7, 11) is 0. The Labute approximate surface area is 150 Å². The van der Waals surface area contributed by atoms with E-state index in [-0.39, 0.29) is 11.8 Å². The Morgan fingerprint density at radius 3 is 2.32 bits per heavy atom. The lowest BCUT2D eigenvalue weighted by molar-refractivity contribution is -0.156. The summed E-state index contributed by atoms with van der Waals surface area (Å²) in [5.74, 6) is -0.310. The van der Waals surface area contributed by atoms with E-state index in [4.69, 9.17) is 0 Å². The number of carbonyl (C=O) groups excluding carboxylic acids is 1. The van der Waals surface area contributed by atoms with E-state index in [1.165, 1.54) is 0 Å². The predicted octanol–water partition coefficient (Wildman–Crippen LogP) is 3.98. The fraction of sp³-hybridized carbons (Fsp3) is 0.409. The van der Waals surface area contributed by atoms with Crippen LogP contribution in [0.3, 0.4) is 0 Å². The van der Waals surface area contributed by atoms with Gasteiger partial charge in [0.15, 0.2) is 0 Å². The van der Waals surface area contributed by atoms with Crippen LogP contribution >= 0.6 is 0 Å². The summed E-state index contributed by atoms with van der Waals surface area (Å²) < 4.78 is 0. The van der Waals surface area contributed by atoms with Gasteiger partial charge in [-0.25, -0.2) is 0 Å². The molecule has 1 aliphatic rings. The molecule has 3 nitrogen and oxygen atoms in total. The molecule has 0 saturated carbocycles. The van der Waals surface area contributed by atoms with Gasteiger partial charge in [-0.1, -0.05) is 67.6 Å². The van der Waals surface area contributed by atoms with Gasteiger partial charge in [-0.3, -0.25) is 4.79 Å². The lowest BCUT2D eigenvalue weighted by Gasteiger charge is -2.45. The van der Waals surface area contributed by atoms with Crippen molar-refractivity contribution in [2.45, 2.75) is 44.8 Å². The van der Waals surface area contributed by atoms with Crippen LogP contribution in [0, 0.1) is 5.92 Å². The Kier molecular flexibility index (Phi) is 5.24. The van der Waals surface area contributed by atoms with Crippen molar-refractivity contribution in [3.8, 4) is 0 Å². The number of carbonyl (C=O) groups is 1. The molecule has 132 valence electrons.